The topological polar surface area (TPSA) is 110 Å². The second-order valence-electron chi connectivity index (χ2n) is 4.69. The van der Waals surface area contributed by atoms with Gasteiger partial charge in [-0.2, -0.15) is 0 Å². The number of amides is 2. The van der Waals surface area contributed by atoms with Gasteiger partial charge in [-0.3, -0.25) is 15.1 Å². The fraction of sp³-hybridized carbons (Fsp3) is 0.250. The minimum absolute atomic E-state index is 0.0856. The second kappa shape index (κ2) is 5.83. The number of nitro groups is 1. The molecule has 0 saturated carbocycles. The van der Waals surface area contributed by atoms with Gasteiger partial charge in [0, 0.05) is 17.8 Å². The van der Waals surface area contributed by atoms with Crippen LogP contribution in [0, 0.1) is 10.1 Å². The minimum Gasteiger partial charge on any atom is -0.326 e. The van der Waals surface area contributed by atoms with Crippen molar-refractivity contribution in [3.05, 3.63) is 45.2 Å². The first-order valence-electron chi connectivity index (χ1n) is 5.97. The molecule has 2 aromatic heterocycles. The number of carbonyl (C=O) groups is 1. The number of aromatic nitrogens is 2. The summed E-state index contributed by atoms with van der Waals surface area (Å²) in [5.74, 6) is 0. The van der Waals surface area contributed by atoms with E-state index in [-0.39, 0.29) is 11.4 Å². The van der Waals surface area contributed by atoms with Crippen LogP contribution in [0.5, 0.6) is 0 Å². The molecule has 2 rings (SSSR count). The Morgan fingerprint density at radius 3 is 2.81 bits per heavy atom. The molecule has 2 amide bonds. The maximum atomic E-state index is 12.0. The first kappa shape index (κ1) is 14.9. The third kappa shape index (κ3) is 3.51. The quantitative estimate of drug-likeness (QED) is 0.666. The highest BCUT2D eigenvalue weighted by molar-refractivity contribution is 7.09. The van der Waals surface area contributed by atoms with Crippen LogP contribution in [0.1, 0.15) is 18.9 Å². The van der Waals surface area contributed by atoms with Gasteiger partial charge in [0.05, 0.1) is 10.5 Å². The number of nitrogens with zero attached hydrogens (tertiary/aromatic N) is 3. The summed E-state index contributed by atoms with van der Waals surface area (Å²) in [6.45, 7) is 3.60. The Bertz CT molecular complexity index is 657. The predicted molar refractivity (Wildman–Crippen MR) is 78.2 cm³/mol. The summed E-state index contributed by atoms with van der Waals surface area (Å²) in [5.41, 5.74) is -0.859. The van der Waals surface area contributed by atoms with E-state index in [1.807, 2.05) is 5.38 Å². The van der Waals surface area contributed by atoms with E-state index in [2.05, 4.69) is 20.6 Å². The Hall–Kier alpha value is -2.55. The van der Waals surface area contributed by atoms with E-state index < -0.39 is 16.5 Å². The molecule has 0 aromatic carbocycles. The Morgan fingerprint density at radius 1 is 1.43 bits per heavy atom. The third-order valence-electron chi connectivity index (χ3n) is 2.64. The summed E-state index contributed by atoms with van der Waals surface area (Å²) in [6.07, 6.45) is 4.10. The van der Waals surface area contributed by atoms with Crippen molar-refractivity contribution in [3.63, 3.8) is 0 Å². The fourth-order valence-electron chi connectivity index (χ4n) is 1.66. The lowest BCUT2D eigenvalue weighted by molar-refractivity contribution is -0.384. The number of pyridine rings is 1. The van der Waals surface area contributed by atoms with Crippen LogP contribution in [0.2, 0.25) is 0 Å². The van der Waals surface area contributed by atoms with Crippen LogP contribution in [0.25, 0.3) is 0 Å². The molecule has 21 heavy (non-hydrogen) atoms. The van der Waals surface area contributed by atoms with Crippen LogP contribution in [-0.4, -0.2) is 20.9 Å². The smallest absolute Gasteiger partial charge is 0.320 e. The Balaban J connectivity index is 2.11. The summed E-state index contributed by atoms with van der Waals surface area (Å²) >= 11 is 1.41. The van der Waals surface area contributed by atoms with Gasteiger partial charge in [-0.1, -0.05) is 0 Å². The average molecular weight is 307 g/mol. The molecule has 2 N–H and O–H groups in total. The Labute approximate surface area is 124 Å². The van der Waals surface area contributed by atoms with Crippen LogP contribution in [0.3, 0.4) is 0 Å². The van der Waals surface area contributed by atoms with Gasteiger partial charge in [0.15, 0.2) is 0 Å². The van der Waals surface area contributed by atoms with Crippen molar-refractivity contribution in [1.29, 1.82) is 0 Å². The summed E-state index contributed by atoms with van der Waals surface area (Å²) in [7, 11) is 0. The normalized spacial score (nSPS) is 11.0. The number of nitrogens with one attached hydrogen (secondary N) is 2. The van der Waals surface area contributed by atoms with Crippen LogP contribution in [-0.2, 0) is 5.54 Å². The number of hydrogen-bond acceptors (Lipinski definition) is 6. The Kier molecular flexibility index (Phi) is 4.13. The van der Waals surface area contributed by atoms with Crippen molar-refractivity contribution in [1.82, 2.24) is 15.3 Å². The van der Waals surface area contributed by atoms with E-state index in [1.54, 1.807) is 20.0 Å². The van der Waals surface area contributed by atoms with Crippen molar-refractivity contribution in [2.24, 2.45) is 0 Å². The average Bonchev–Trinajstić information content (AvgIpc) is 2.92. The zero-order chi connectivity index (χ0) is 15.5. The second-order valence-corrected chi connectivity index (χ2v) is 5.59. The Morgan fingerprint density at radius 2 is 2.19 bits per heavy atom. The number of anilines is 1. The molecule has 2 aromatic rings. The minimum atomic E-state index is -0.680. The number of urea groups is 1. The van der Waals surface area contributed by atoms with Crippen LogP contribution in [0.4, 0.5) is 16.2 Å². The van der Waals surface area contributed by atoms with Gasteiger partial charge in [-0.25, -0.2) is 9.78 Å². The standard InChI is InChI=1S/C12H13N5O3S/c1-12(2,10-14-5-6-21-10)16-11(18)15-8-3-4-13-7-9(8)17(19)20/h3-7H,1-2H3,(H2,13,15,16,18). The van der Waals surface area contributed by atoms with Gasteiger partial charge in [0.1, 0.15) is 16.9 Å². The van der Waals surface area contributed by atoms with Gasteiger partial charge in [0.25, 0.3) is 0 Å². The van der Waals surface area contributed by atoms with Crippen molar-refractivity contribution in [3.8, 4) is 0 Å². The first-order valence-corrected chi connectivity index (χ1v) is 6.85. The monoisotopic (exact) mass is 307 g/mol. The molecular weight excluding hydrogens is 294 g/mol. The van der Waals surface area contributed by atoms with E-state index in [9.17, 15) is 14.9 Å². The highest BCUT2D eigenvalue weighted by Gasteiger charge is 2.26. The lowest BCUT2D eigenvalue weighted by Crippen LogP contribution is -2.43. The molecule has 2 heterocycles. The lowest BCUT2D eigenvalue weighted by Gasteiger charge is -2.23. The number of carbonyl (C=O) groups excluding carboxylic acids is 1. The zero-order valence-corrected chi connectivity index (χ0v) is 12.2. The van der Waals surface area contributed by atoms with E-state index in [1.165, 1.54) is 23.6 Å². The number of hydrogen-bond donors (Lipinski definition) is 2. The summed E-state index contributed by atoms with van der Waals surface area (Å²) in [5, 5.41) is 18.6. The highest BCUT2D eigenvalue weighted by atomic mass is 32.1. The fourth-order valence-corrected chi connectivity index (χ4v) is 2.38. The molecule has 0 spiro atoms. The molecule has 0 fully saturated rings. The van der Waals surface area contributed by atoms with Crippen LogP contribution in [0.15, 0.2) is 30.0 Å². The van der Waals surface area contributed by atoms with Gasteiger partial charge < -0.3 is 10.6 Å². The summed E-state index contributed by atoms with van der Waals surface area (Å²) in [4.78, 5) is 30.1. The molecule has 0 aliphatic carbocycles. The van der Waals surface area contributed by atoms with E-state index in [0.717, 1.165) is 11.2 Å². The summed E-state index contributed by atoms with van der Waals surface area (Å²) < 4.78 is 0. The molecule has 0 aliphatic heterocycles. The molecule has 0 aliphatic rings. The van der Waals surface area contributed by atoms with Gasteiger partial charge in [-0.05, 0) is 19.9 Å². The molecular formula is C12H13N5O3S. The molecule has 110 valence electrons. The molecule has 0 saturated heterocycles. The summed E-state index contributed by atoms with van der Waals surface area (Å²) in [6, 6.07) is 0.818. The van der Waals surface area contributed by atoms with Crippen LogP contribution >= 0.6 is 11.3 Å². The molecule has 0 radical (unpaired) electrons. The van der Waals surface area contributed by atoms with Crippen molar-refractivity contribution in [2.45, 2.75) is 19.4 Å². The lowest BCUT2D eigenvalue weighted by atomic mass is 10.1. The van der Waals surface area contributed by atoms with Gasteiger partial charge in [-0.15, -0.1) is 11.3 Å². The third-order valence-corrected chi connectivity index (χ3v) is 3.73. The van der Waals surface area contributed by atoms with E-state index >= 15 is 0 Å². The van der Waals surface area contributed by atoms with Crippen molar-refractivity contribution in [2.75, 3.05) is 5.32 Å². The number of thiazole rings is 1. The van der Waals surface area contributed by atoms with Crippen LogP contribution < -0.4 is 10.6 Å². The van der Waals surface area contributed by atoms with Gasteiger partial charge in [0.2, 0.25) is 0 Å². The van der Waals surface area contributed by atoms with E-state index in [4.69, 9.17) is 0 Å². The largest absolute Gasteiger partial charge is 0.326 e. The number of rotatable bonds is 4. The zero-order valence-electron chi connectivity index (χ0n) is 11.4. The predicted octanol–water partition coefficient (Wildman–Crippen LogP) is 2.50. The molecule has 9 heteroatoms. The van der Waals surface area contributed by atoms with E-state index in [0.29, 0.717) is 0 Å². The highest BCUT2D eigenvalue weighted by Crippen LogP contribution is 2.24. The maximum absolute atomic E-state index is 12.0. The first-order chi connectivity index (χ1) is 9.90. The molecule has 0 unspecified atom stereocenters. The van der Waals surface area contributed by atoms with Crippen molar-refractivity contribution < 1.29 is 9.72 Å². The SMILES string of the molecule is CC(C)(NC(=O)Nc1ccncc1[N+](=O)[O-])c1nccs1. The van der Waals surface area contributed by atoms with Gasteiger partial charge >= 0.3 is 11.7 Å². The molecule has 0 bridgehead atoms. The molecule has 0 atom stereocenters. The molecule has 8 nitrogen and oxygen atoms in total. The maximum Gasteiger partial charge on any atom is 0.320 e. The van der Waals surface area contributed by atoms with Crippen molar-refractivity contribution >= 4 is 28.7 Å².